The molecule has 134 valence electrons. The third kappa shape index (κ3) is 2.94. The quantitative estimate of drug-likeness (QED) is 0.830. The van der Waals surface area contributed by atoms with Gasteiger partial charge in [0.1, 0.15) is 6.61 Å². The van der Waals surface area contributed by atoms with Crippen molar-refractivity contribution in [2.75, 3.05) is 13.2 Å². The number of carbonyl (C=O) groups excluding carboxylic acids is 1. The summed E-state index contributed by atoms with van der Waals surface area (Å²) in [5.41, 5.74) is 4.09. The second-order valence-electron chi connectivity index (χ2n) is 7.09. The van der Waals surface area contributed by atoms with Crippen molar-refractivity contribution in [3.8, 4) is 11.1 Å². The second kappa shape index (κ2) is 6.48. The Balaban J connectivity index is 1.36. The maximum atomic E-state index is 12.0. The summed E-state index contributed by atoms with van der Waals surface area (Å²) in [5.74, 6) is -0.742. The Morgan fingerprint density at radius 2 is 1.62 bits per heavy atom. The number of aliphatic carboxylic acids is 1. The number of carboxylic acid groups (broad SMARTS) is 1. The Morgan fingerprint density at radius 1 is 1.04 bits per heavy atom. The molecular formula is C21H21NO4. The third-order valence-corrected chi connectivity index (χ3v) is 5.52. The highest BCUT2D eigenvalue weighted by molar-refractivity contribution is 5.79. The lowest BCUT2D eigenvalue weighted by Gasteiger charge is -2.15. The highest BCUT2D eigenvalue weighted by atomic mass is 16.5. The molecule has 0 saturated heterocycles. The zero-order valence-electron chi connectivity index (χ0n) is 14.4. The van der Waals surface area contributed by atoms with Gasteiger partial charge in [-0.25, -0.2) is 4.79 Å². The Labute approximate surface area is 152 Å². The number of benzene rings is 2. The number of alkyl carbamates (subject to hydrolysis) is 1. The van der Waals surface area contributed by atoms with Crippen LogP contribution in [0.2, 0.25) is 0 Å². The molecule has 0 bridgehead atoms. The highest BCUT2D eigenvalue weighted by Gasteiger charge is 2.49. The van der Waals surface area contributed by atoms with Gasteiger partial charge in [-0.15, -0.1) is 0 Å². The van der Waals surface area contributed by atoms with Gasteiger partial charge in [-0.05, 0) is 41.5 Å². The molecule has 2 N–H and O–H groups in total. The van der Waals surface area contributed by atoms with E-state index in [1.807, 2.05) is 24.3 Å². The average Bonchev–Trinajstić information content (AvgIpc) is 3.37. The third-order valence-electron chi connectivity index (χ3n) is 5.52. The molecule has 2 aliphatic rings. The summed E-state index contributed by atoms with van der Waals surface area (Å²) in [4.78, 5) is 23.2. The number of amides is 1. The van der Waals surface area contributed by atoms with Crippen LogP contribution < -0.4 is 5.32 Å². The van der Waals surface area contributed by atoms with E-state index in [9.17, 15) is 9.59 Å². The normalized spacial score (nSPS) is 16.5. The van der Waals surface area contributed by atoms with Gasteiger partial charge in [0.2, 0.25) is 0 Å². The van der Waals surface area contributed by atoms with Crippen LogP contribution in [0.25, 0.3) is 11.1 Å². The predicted molar refractivity (Wildman–Crippen MR) is 97.0 cm³/mol. The van der Waals surface area contributed by atoms with Gasteiger partial charge in [0, 0.05) is 12.5 Å². The molecule has 1 amide bonds. The Bertz CT molecular complexity index is 811. The molecule has 0 unspecified atom stereocenters. The lowest BCUT2D eigenvalue weighted by Crippen LogP contribution is -2.30. The molecule has 1 fully saturated rings. The summed E-state index contributed by atoms with van der Waals surface area (Å²) in [6, 6.07) is 16.4. The van der Waals surface area contributed by atoms with E-state index in [0.717, 1.165) is 0 Å². The lowest BCUT2D eigenvalue weighted by molar-refractivity contribution is -0.143. The van der Waals surface area contributed by atoms with Crippen LogP contribution >= 0.6 is 0 Å². The molecule has 2 aliphatic carbocycles. The average molecular weight is 351 g/mol. The van der Waals surface area contributed by atoms with Crippen molar-refractivity contribution >= 4 is 12.1 Å². The van der Waals surface area contributed by atoms with Crippen molar-refractivity contribution in [2.45, 2.75) is 25.2 Å². The van der Waals surface area contributed by atoms with E-state index < -0.39 is 17.5 Å². The van der Waals surface area contributed by atoms with Gasteiger partial charge >= 0.3 is 12.1 Å². The van der Waals surface area contributed by atoms with Gasteiger partial charge in [-0.2, -0.15) is 0 Å². The summed E-state index contributed by atoms with van der Waals surface area (Å²) in [6.45, 7) is 0.590. The van der Waals surface area contributed by atoms with E-state index in [1.165, 1.54) is 22.3 Å². The second-order valence-corrected chi connectivity index (χ2v) is 7.09. The molecule has 5 nitrogen and oxygen atoms in total. The topological polar surface area (TPSA) is 75.6 Å². The number of rotatable bonds is 6. The molecule has 0 aromatic heterocycles. The molecule has 0 heterocycles. The molecular weight excluding hydrogens is 330 g/mol. The molecule has 1 saturated carbocycles. The molecule has 0 aliphatic heterocycles. The van der Waals surface area contributed by atoms with Crippen LogP contribution in [0.15, 0.2) is 48.5 Å². The minimum Gasteiger partial charge on any atom is -0.481 e. The molecule has 4 rings (SSSR count). The smallest absolute Gasteiger partial charge is 0.407 e. The number of ether oxygens (including phenoxy) is 1. The SMILES string of the molecule is O=C(NCCC1(C(=O)O)CC1)OCC1c2ccccc2-c2ccccc21. The van der Waals surface area contributed by atoms with Crippen LogP contribution in [0.3, 0.4) is 0 Å². The van der Waals surface area contributed by atoms with E-state index in [4.69, 9.17) is 9.84 Å². The number of nitrogens with one attached hydrogen (secondary N) is 1. The first-order valence-corrected chi connectivity index (χ1v) is 8.93. The van der Waals surface area contributed by atoms with Gasteiger partial charge in [0.15, 0.2) is 0 Å². The van der Waals surface area contributed by atoms with Gasteiger partial charge in [-0.3, -0.25) is 4.79 Å². The van der Waals surface area contributed by atoms with Crippen molar-refractivity contribution in [1.82, 2.24) is 5.32 Å². The van der Waals surface area contributed by atoms with Crippen LogP contribution in [-0.4, -0.2) is 30.3 Å². The van der Waals surface area contributed by atoms with Crippen LogP contribution in [0, 0.1) is 5.41 Å². The van der Waals surface area contributed by atoms with Crippen molar-refractivity contribution in [3.63, 3.8) is 0 Å². The van der Waals surface area contributed by atoms with Crippen molar-refractivity contribution in [2.24, 2.45) is 5.41 Å². The first kappa shape index (κ1) is 16.6. The molecule has 0 spiro atoms. The van der Waals surface area contributed by atoms with Crippen LogP contribution in [0.5, 0.6) is 0 Å². The number of carbonyl (C=O) groups is 2. The Morgan fingerprint density at radius 3 is 2.15 bits per heavy atom. The monoisotopic (exact) mass is 351 g/mol. The van der Waals surface area contributed by atoms with Gasteiger partial charge < -0.3 is 15.2 Å². The fourth-order valence-corrected chi connectivity index (χ4v) is 3.77. The predicted octanol–water partition coefficient (Wildman–Crippen LogP) is 3.78. The summed E-state index contributed by atoms with van der Waals surface area (Å²) in [6.07, 6.45) is 1.34. The number of hydrogen-bond donors (Lipinski definition) is 2. The van der Waals surface area contributed by atoms with Crippen LogP contribution in [-0.2, 0) is 9.53 Å². The van der Waals surface area contributed by atoms with Crippen molar-refractivity contribution < 1.29 is 19.4 Å². The lowest BCUT2D eigenvalue weighted by atomic mass is 9.98. The Hall–Kier alpha value is -2.82. The van der Waals surface area contributed by atoms with Crippen molar-refractivity contribution in [1.29, 1.82) is 0 Å². The maximum Gasteiger partial charge on any atom is 0.407 e. The number of fused-ring (bicyclic) bond motifs is 3. The largest absolute Gasteiger partial charge is 0.481 e. The molecule has 0 radical (unpaired) electrons. The fraction of sp³-hybridized carbons (Fsp3) is 0.333. The summed E-state index contributed by atoms with van der Waals surface area (Å²) >= 11 is 0. The molecule has 2 aromatic rings. The first-order valence-electron chi connectivity index (χ1n) is 8.93. The zero-order valence-corrected chi connectivity index (χ0v) is 14.4. The molecule has 26 heavy (non-hydrogen) atoms. The minimum absolute atomic E-state index is 0.0296. The standard InChI is InChI=1S/C21H21NO4/c23-19(24)21(9-10-21)11-12-22-20(25)26-13-18-16-7-3-1-5-14(16)15-6-2-4-8-17(15)18/h1-8,18H,9-13H2,(H,22,25)(H,23,24). The van der Waals surface area contributed by atoms with Gasteiger partial charge in [0.05, 0.1) is 5.41 Å². The zero-order chi connectivity index (χ0) is 18.1. The van der Waals surface area contributed by atoms with E-state index in [1.54, 1.807) is 0 Å². The number of hydrogen-bond acceptors (Lipinski definition) is 3. The van der Waals surface area contributed by atoms with Crippen molar-refractivity contribution in [3.05, 3.63) is 59.7 Å². The molecule has 2 aromatic carbocycles. The van der Waals surface area contributed by atoms with Crippen LogP contribution in [0.1, 0.15) is 36.3 Å². The number of carboxylic acids is 1. The summed E-state index contributed by atoms with van der Waals surface area (Å²) in [5, 5.41) is 11.8. The first-order chi connectivity index (χ1) is 12.6. The van der Waals surface area contributed by atoms with E-state index in [-0.39, 0.29) is 12.5 Å². The fourth-order valence-electron chi connectivity index (χ4n) is 3.77. The Kier molecular flexibility index (Phi) is 4.15. The maximum absolute atomic E-state index is 12.0. The van der Waals surface area contributed by atoms with E-state index in [2.05, 4.69) is 29.6 Å². The molecule has 5 heteroatoms. The van der Waals surface area contributed by atoms with Gasteiger partial charge in [0.25, 0.3) is 0 Å². The van der Waals surface area contributed by atoms with E-state index >= 15 is 0 Å². The summed E-state index contributed by atoms with van der Waals surface area (Å²) in [7, 11) is 0. The summed E-state index contributed by atoms with van der Waals surface area (Å²) < 4.78 is 5.44. The van der Waals surface area contributed by atoms with Gasteiger partial charge in [-0.1, -0.05) is 48.5 Å². The van der Waals surface area contributed by atoms with E-state index in [0.29, 0.717) is 25.8 Å². The van der Waals surface area contributed by atoms with Crippen LogP contribution in [0.4, 0.5) is 4.79 Å². The highest BCUT2D eigenvalue weighted by Crippen LogP contribution is 2.48. The minimum atomic E-state index is -0.771. The molecule has 0 atom stereocenters.